The van der Waals surface area contributed by atoms with Crippen LogP contribution >= 0.6 is 0 Å². The van der Waals surface area contributed by atoms with Gasteiger partial charge in [0.05, 0.1) is 12.5 Å². The predicted octanol–water partition coefficient (Wildman–Crippen LogP) is 3.03. The molecule has 2 aromatic rings. The number of benzene rings is 1. The molecule has 2 rings (SSSR count). The van der Waals surface area contributed by atoms with Crippen LogP contribution in [0.3, 0.4) is 0 Å². The first kappa shape index (κ1) is 12.7. The molecule has 1 N–H and O–H groups in total. The van der Waals surface area contributed by atoms with E-state index in [-0.39, 0.29) is 0 Å². The molecule has 0 fully saturated rings. The van der Waals surface area contributed by atoms with E-state index in [9.17, 15) is 0 Å². The minimum absolute atomic E-state index is 0.864. The Labute approximate surface area is 108 Å². The van der Waals surface area contributed by atoms with Crippen molar-refractivity contribution in [3.63, 3.8) is 0 Å². The first-order valence-corrected chi connectivity index (χ1v) is 6.31. The lowest BCUT2D eigenvalue weighted by Crippen LogP contribution is -2.16. The zero-order valence-corrected chi connectivity index (χ0v) is 11.0. The molecular formula is C15H20N2O. The van der Waals surface area contributed by atoms with Crippen LogP contribution in [0, 0.1) is 0 Å². The summed E-state index contributed by atoms with van der Waals surface area (Å²) in [7, 11) is 2.09. The van der Waals surface area contributed by atoms with Crippen molar-refractivity contribution < 1.29 is 4.42 Å². The van der Waals surface area contributed by atoms with Gasteiger partial charge in [0.2, 0.25) is 0 Å². The number of hydrogen-bond acceptors (Lipinski definition) is 3. The molecule has 1 aromatic heterocycles. The largest absolute Gasteiger partial charge is 0.472 e. The molecule has 0 radical (unpaired) electrons. The fraction of sp³-hybridized carbons (Fsp3) is 0.333. The third-order valence-corrected chi connectivity index (χ3v) is 2.96. The normalized spacial score (nSPS) is 10.6. The molecule has 0 aliphatic rings. The van der Waals surface area contributed by atoms with E-state index in [4.69, 9.17) is 4.42 Å². The molecule has 0 saturated heterocycles. The highest BCUT2D eigenvalue weighted by atomic mass is 16.3. The van der Waals surface area contributed by atoms with Gasteiger partial charge in [-0.05, 0) is 30.3 Å². The van der Waals surface area contributed by atoms with Crippen molar-refractivity contribution in [2.24, 2.45) is 0 Å². The Bertz CT molecular complexity index is 448. The van der Waals surface area contributed by atoms with Crippen LogP contribution in [0.25, 0.3) is 0 Å². The SMILES string of the molecule is CCNCc1ccc(N(C)Cc2ccoc2)cc1. The van der Waals surface area contributed by atoms with Crippen molar-refractivity contribution in [1.82, 2.24) is 5.32 Å². The molecule has 0 amide bonds. The monoisotopic (exact) mass is 244 g/mol. The Morgan fingerprint density at radius 1 is 1.11 bits per heavy atom. The van der Waals surface area contributed by atoms with Gasteiger partial charge in [-0.3, -0.25) is 0 Å². The Morgan fingerprint density at radius 3 is 2.50 bits per heavy atom. The standard InChI is InChI=1S/C15H20N2O/c1-3-16-10-13-4-6-15(7-5-13)17(2)11-14-8-9-18-12-14/h4-9,12,16H,3,10-11H2,1-2H3. The zero-order valence-electron chi connectivity index (χ0n) is 11.0. The second-order valence-corrected chi connectivity index (χ2v) is 4.43. The van der Waals surface area contributed by atoms with Crippen LogP contribution in [0.4, 0.5) is 5.69 Å². The number of anilines is 1. The van der Waals surface area contributed by atoms with Crippen LogP contribution in [0.2, 0.25) is 0 Å². The van der Waals surface area contributed by atoms with Crippen LogP contribution in [-0.4, -0.2) is 13.6 Å². The van der Waals surface area contributed by atoms with Crippen molar-refractivity contribution in [2.45, 2.75) is 20.0 Å². The lowest BCUT2D eigenvalue weighted by atomic mass is 10.2. The van der Waals surface area contributed by atoms with Crippen molar-refractivity contribution >= 4 is 5.69 Å². The lowest BCUT2D eigenvalue weighted by Gasteiger charge is -2.18. The molecule has 0 aliphatic carbocycles. The molecule has 0 spiro atoms. The smallest absolute Gasteiger partial charge is 0.0952 e. The molecule has 1 aromatic carbocycles. The van der Waals surface area contributed by atoms with Gasteiger partial charge in [0, 0.05) is 31.4 Å². The highest BCUT2D eigenvalue weighted by molar-refractivity contribution is 5.47. The summed E-state index contributed by atoms with van der Waals surface area (Å²) in [5.74, 6) is 0. The molecular weight excluding hydrogens is 224 g/mol. The summed E-state index contributed by atoms with van der Waals surface area (Å²) in [5.41, 5.74) is 3.72. The topological polar surface area (TPSA) is 28.4 Å². The Balaban J connectivity index is 1.96. The van der Waals surface area contributed by atoms with Gasteiger partial charge in [-0.15, -0.1) is 0 Å². The molecule has 0 aliphatic heterocycles. The maximum Gasteiger partial charge on any atom is 0.0952 e. The Morgan fingerprint density at radius 2 is 1.89 bits per heavy atom. The summed E-state index contributed by atoms with van der Waals surface area (Å²) >= 11 is 0. The van der Waals surface area contributed by atoms with Crippen LogP contribution in [0.15, 0.2) is 47.3 Å². The fourth-order valence-electron chi connectivity index (χ4n) is 1.89. The summed E-state index contributed by atoms with van der Waals surface area (Å²) in [5, 5.41) is 3.32. The van der Waals surface area contributed by atoms with Gasteiger partial charge in [0.25, 0.3) is 0 Å². The first-order chi connectivity index (χ1) is 8.79. The fourth-order valence-corrected chi connectivity index (χ4v) is 1.89. The van der Waals surface area contributed by atoms with Gasteiger partial charge >= 0.3 is 0 Å². The van der Waals surface area contributed by atoms with Crippen molar-refractivity contribution in [2.75, 3.05) is 18.5 Å². The van der Waals surface area contributed by atoms with Gasteiger partial charge in [-0.1, -0.05) is 19.1 Å². The van der Waals surface area contributed by atoms with E-state index >= 15 is 0 Å². The Hall–Kier alpha value is -1.74. The highest BCUT2D eigenvalue weighted by Crippen LogP contribution is 2.16. The lowest BCUT2D eigenvalue weighted by molar-refractivity contribution is 0.563. The number of nitrogens with zero attached hydrogens (tertiary/aromatic N) is 1. The first-order valence-electron chi connectivity index (χ1n) is 6.31. The van der Waals surface area contributed by atoms with Crippen molar-refractivity contribution in [3.8, 4) is 0 Å². The molecule has 3 nitrogen and oxygen atoms in total. The molecule has 0 unspecified atom stereocenters. The second kappa shape index (κ2) is 6.26. The van der Waals surface area contributed by atoms with Gasteiger partial charge in [-0.25, -0.2) is 0 Å². The molecule has 0 atom stereocenters. The zero-order chi connectivity index (χ0) is 12.8. The quantitative estimate of drug-likeness (QED) is 0.846. The summed E-state index contributed by atoms with van der Waals surface area (Å²) in [6.07, 6.45) is 3.50. The summed E-state index contributed by atoms with van der Waals surface area (Å²) < 4.78 is 5.08. The molecule has 96 valence electrons. The number of nitrogens with one attached hydrogen (secondary N) is 1. The van der Waals surface area contributed by atoms with Crippen LogP contribution in [0.5, 0.6) is 0 Å². The molecule has 18 heavy (non-hydrogen) atoms. The average molecular weight is 244 g/mol. The van der Waals surface area contributed by atoms with E-state index in [1.165, 1.54) is 16.8 Å². The third kappa shape index (κ3) is 3.37. The number of rotatable bonds is 6. The van der Waals surface area contributed by atoms with Gasteiger partial charge < -0.3 is 14.6 Å². The van der Waals surface area contributed by atoms with E-state index in [1.807, 2.05) is 6.07 Å². The maximum atomic E-state index is 5.08. The second-order valence-electron chi connectivity index (χ2n) is 4.43. The van der Waals surface area contributed by atoms with E-state index in [1.54, 1.807) is 12.5 Å². The van der Waals surface area contributed by atoms with Crippen molar-refractivity contribution in [1.29, 1.82) is 0 Å². The van der Waals surface area contributed by atoms with Gasteiger partial charge in [0.15, 0.2) is 0 Å². The van der Waals surface area contributed by atoms with Gasteiger partial charge in [-0.2, -0.15) is 0 Å². The third-order valence-electron chi connectivity index (χ3n) is 2.96. The molecule has 0 bridgehead atoms. The van der Waals surface area contributed by atoms with E-state index in [0.717, 1.165) is 19.6 Å². The van der Waals surface area contributed by atoms with Crippen LogP contribution in [-0.2, 0) is 13.1 Å². The average Bonchev–Trinajstić information content (AvgIpc) is 2.89. The maximum absolute atomic E-state index is 5.08. The highest BCUT2D eigenvalue weighted by Gasteiger charge is 2.03. The van der Waals surface area contributed by atoms with Crippen LogP contribution in [0.1, 0.15) is 18.1 Å². The minimum Gasteiger partial charge on any atom is -0.472 e. The molecule has 1 heterocycles. The number of furan rings is 1. The minimum atomic E-state index is 0.864. The molecule has 0 saturated carbocycles. The summed E-state index contributed by atoms with van der Waals surface area (Å²) in [6, 6.07) is 10.7. The number of hydrogen-bond donors (Lipinski definition) is 1. The van der Waals surface area contributed by atoms with E-state index in [2.05, 4.69) is 48.5 Å². The molecule has 3 heteroatoms. The summed E-state index contributed by atoms with van der Waals surface area (Å²) in [4.78, 5) is 2.21. The Kier molecular flexibility index (Phi) is 4.42. The summed E-state index contributed by atoms with van der Waals surface area (Å²) in [6.45, 7) is 4.92. The van der Waals surface area contributed by atoms with E-state index < -0.39 is 0 Å². The van der Waals surface area contributed by atoms with Crippen molar-refractivity contribution in [3.05, 3.63) is 54.0 Å². The van der Waals surface area contributed by atoms with Gasteiger partial charge in [0.1, 0.15) is 0 Å². The van der Waals surface area contributed by atoms with E-state index in [0.29, 0.717) is 0 Å². The van der Waals surface area contributed by atoms with Crippen LogP contribution < -0.4 is 10.2 Å². The predicted molar refractivity (Wildman–Crippen MR) is 74.6 cm³/mol.